The summed E-state index contributed by atoms with van der Waals surface area (Å²) in [5.41, 5.74) is 1.88. The fourth-order valence-electron chi connectivity index (χ4n) is 1.71. The molecule has 1 aromatic rings. The van der Waals surface area contributed by atoms with Gasteiger partial charge in [-0.3, -0.25) is 4.79 Å². The van der Waals surface area contributed by atoms with Crippen LogP contribution in [-0.4, -0.2) is 25.8 Å². The van der Waals surface area contributed by atoms with Crippen molar-refractivity contribution in [3.8, 4) is 0 Å². The molecule has 1 rings (SSSR count). The molecule has 0 saturated heterocycles. The van der Waals surface area contributed by atoms with E-state index in [9.17, 15) is 4.79 Å². The second-order valence-electron chi connectivity index (χ2n) is 3.97. The largest absolute Gasteiger partial charge is 0.466 e. The van der Waals surface area contributed by atoms with Gasteiger partial charge in [0.2, 0.25) is 0 Å². The topological polar surface area (TPSA) is 44.8 Å². The smallest absolute Gasteiger partial charge is 0.310 e. The van der Waals surface area contributed by atoms with Crippen LogP contribution in [0.3, 0.4) is 0 Å². The van der Waals surface area contributed by atoms with Crippen LogP contribution in [0.4, 0.5) is 0 Å². The number of rotatable bonds is 8. The molecule has 0 unspecified atom stereocenters. The summed E-state index contributed by atoms with van der Waals surface area (Å²) in [6.45, 7) is 7.26. The number of esters is 1. The quantitative estimate of drug-likeness (QED) is 0.536. The SMILES string of the molecule is CCOC(=O)Cc1ccc(C(OCC)OCC)cc1. The van der Waals surface area contributed by atoms with Crippen molar-refractivity contribution in [3.63, 3.8) is 0 Å². The van der Waals surface area contributed by atoms with Crippen LogP contribution in [0.15, 0.2) is 24.3 Å². The molecule has 0 N–H and O–H groups in total. The monoisotopic (exact) mass is 266 g/mol. The van der Waals surface area contributed by atoms with Gasteiger partial charge >= 0.3 is 5.97 Å². The summed E-state index contributed by atoms with van der Waals surface area (Å²) in [4.78, 5) is 11.4. The van der Waals surface area contributed by atoms with Crippen molar-refractivity contribution >= 4 is 5.97 Å². The van der Waals surface area contributed by atoms with Gasteiger partial charge in [-0.2, -0.15) is 0 Å². The summed E-state index contributed by atoms with van der Waals surface area (Å²) in [6, 6.07) is 7.64. The van der Waals surface area contributed by atoms with Gasteiger partial charge in [0.15, 0.2) is 6.29 Å². The van der Waals surface area contributed by atoms with E-state index >= 15 is 0 Å². The van der Waals surface area contributed by atoms with Crippen molar-refractivity contribution in [2.75, 3.05) is 19.8 Å². The lowest BCUT2D eigenvalue weighted by Crippen LogP contribution is -2.10. The van der Waals surface area contributed by atoms with Crippen molar-refractivity contribution in [2.45, 2.75) is 33.5 Å². The Labute approximate surface area is 114 Å². The highest BCUT2D eigenvalue weighted by Crippen LogP contribution is 2.19. The first-order valence-electron chi connectivity index (χ1n) is 6.68. The van der Waals surface area contributed by atoms with Crippen LogP contribution < -0.4 is 0 Å². The average Bonchev–Trinajstić information content (AvgIpc) is 2.40. The van der Waals surface area contributed by atoms with Crippen LogP contribution in [0.2, 0.25) is 0 Å². The molecule has 0 fully saturated rings. The van der Waals surface area contributed by atoms with E-state index in [0.717, 1.165) is 11.1 Å². The molecule has 0 aromatic heterocycles. The van der Waals surface area contributed by atoms with E-state index in [1.165, 1.54) is 0 Å². The highest BCUT2D eigenvalue weighted by molar-refractivity contribution is 5.72. The van der Waals surface area contributed by atoms with Crippen LogP contribution in [0.1, 0.15) is 38.2 Å². The van der Waals surface area contributed by atoms with Gasteiger partial charge in [-0.25, -0.2) is 0 Å². The molecule has 0 aliphatic rings. The molecule has 4 nitrogen and oxygen atoms in total. The van der Waals surface area contributed by atoms with Crippen LogP contribution in [0.5, 0.6) is 0 Å². The van der Waals surface area contributed by atoms with E-state index in [2.05, 4.69) is 0 Å². The lowest BCUT2D eigenvalue weighted by molar-refractivity contribution is -0.142. The normalized spacial score (nSPS) is 10.7. The first kappa shape index (κ1) is 15.7. The maximum Gasteiger partial charge on any atom is 0.310 e. The molecule has 106 valence electrons. The number of benzene rings is 1. The van der Waals surface area contributed by atoms with Crippen molar-refractivity contribution in [1.82, 2.24) is 0 Å². The molecule has 0 bridgehead atoms. The van der Waals surface area contributed by atoms with Crippen molar-refractivity contribution in [3.05, 3.63) is 35.4 Å². The van der Waals surface area contributed by atoms with Gasteiger partial charge in [0.05, 0.1) is 13.0 Å². The summed E-state index contributed by atoms with van der Waals surface area (Å²) in [5.74, 6) is -0.207. The highest BCUT2D eigenvalue weighted by atomic mass is 16.7. The molecule has 0 radical (unpaired) electrons. The zero-order chi connectivity index (χ0) is 14.1. The van der Waals surface area contributed by atoms with E-state index in [1.807, 2.05) is 38.1 Å². The molecule has 1 aromatic carbocycles. The molecule has 0 amide bonds. The summed E-state index contributed by atoms with van der Waals surface area (Å²) in [6.07, 6.45) is -0.0474. The predicted molar refractivity (Wildman–Crippen MR) is 72.8 cm³/mol. The Bertz CT molecular complexity index is 366. The predicted octanol–water partition coefficient (Wildman–Crippen LogP) is 2.86. The first-order chi connectivity index (χ1) is 9.21. The third kappa shape index (κ3) is 5.41. The molecule has 4 heteroatoms. The molecule has 0 aliphatic heterocycles. The molecule has 0 atom stereocenters. The summed E-state index contributed by atoms with van der Waals surface area (Å²) in [7, 11) is 0. The van der Waals surface area contributed by atoms with Crippen molar-refractivity contribution in [2.24, 2.45) is 0 Å². The maximum atomic E-state index is 11.4. The average molecular weight is 266 g/mol. The Morgan fingerprint density at radius 1 is 1.00 bits per heavy atom. The number of hydrogen-bond donors (Lipinski definition) is 0. The lowest BCUT2D eigenvalue weighted by Gasteiger charge is -2.17. The van der Waals surface area contributed by atoms with Crippen LogP contribution >= 0.6 is 0 Å². The van der Waals surface area contributed by atoms with E-state index in [0.29, 0.717) is 26.2 Å². The minimum Gasteiger partial charge on any atom is -0.466 e. The molecule has 0 spiro atoms. The second-order valence-corrected chi connectivity index (χ2v) is 3.97. The van der Waals surface area contributed by atoms with Crippen molar-refractivity contribution in [1.29, 1.82) is 0 Å². The molecule has 19 heavy (non-hydrogen) atoms. The number of carbonyl (C=O) groups is 1. The van der Waals surface area contributed by atoms with Gasteiger partial charge in [0.1, 0.15) is 0 Å². The highest BCUT2D eigenvalue weighted by Gasteiger charge is 2.11. The van der Waals surface area contributed by atoms with Crippen molar-refractivity contribution < 1.29 is 19.0 Å². The van der Waals surface area contributed by atoms with E-state index in [-0.39, 0.29) is 12.3 Å². The molecular formula is C15H22O4. The fourth-order valence-corrected chi connectivity index (χ4v) is 1.71. The Kier molecular flexibility index (Phi) is 7.15. The molecular weight excluding hydrogens is 244 g/mol. The first-order valence-corrected chi connectivity index (χ1v) is 6.68. The number of ether oxygens (including phenoxy) is 3. The van der Waals surface area contributed by atoms with Gasteiger partial charge < -0.3 is 14.2 Å². The zero-order valence-corrected chi connectivity index (χ0v) is 11.8. The Morgan fingerprint density at radius 3 is 2.05 bits per heavy atom. The lowest BCUT2D eigenvalue weighted by atomic mass is 10.1. The summed E-state index contributed by atoms with van der Waals surface area (Å²) in [5, 5.41) is 0. The van der Waals surface area contributed by atoms with Gasteiger partial charge in [-0.1, -0.05) is 24.3 Å². The van der Waals surface area contributed by atoms with Crippen LogP contribution in [-0.2, 0) is 25.4 Å². The van der Waals surface area contributed by atoms with E-state index in [4.69, 9.17) is 14.2 Å². The zero-order valence-electron chi connectivity index (χ0n) is 11.8. The number of carbonyl (C=O) groups excluding carboxylic acids is 1. The maximum absolute atomic E-state index is 11.4. The third-order valence-corrected chi connectivity index (χ3v) is 2.54. The molecule has 0 aliphatic carbocycles. The Morgan fingerprint density at radius 2 is 1.58 bits per heavy atom. The minimum absolute atomic E-state index is 0.207. The molecule has 0 heterocycles. The minimum atomic E-state index is -0.341. The summed E-state index contributed by atoms with van der Waals surface area (Å²) < 4.78 is 15.9. The third-order valence-electron chi connectivity index (χ3n) is 2.54. The summed E-state index contributed by atoms with van der Waals surface area (Å²) >= 11 is 0. The van der Waals surface area contributed by atoms with Crippen LogP contribution in [0, 0.1) is 0 Å². The Balaban J connectivity index is 2.65. The van der Waals surface area contributed by atoms with Crippen LogP contribution in [0.25, 0.3) is 0 Å². The standard InChI is InChI=1S/C15H22O4/c1-4-17-14(16)11-12-7-9-13(10-8-12)15(18-5-2)19-6-3/h7-10,15H,4-6,11H2,1-3H3. The van der Waals surface area contributed by atoms with Gasteiger partial charge in [-0.05, 0) is 26.3 Å². The fraction of sp³-hybridized carbons (Fsp3) is 0.533. The van der Waals surface area contributed by atoms with E-state index < -0.39 is 0 Å². The Hall–Kier alpha value is -1.39. The number of hydrogen-bond acceptors (Lipinski definition) is 4. The van der Waals surface area contributed by atoms with Gasteiger partial charge in [0, 0.05) is 18.8 Å². The second kappa shape index (κ2) is 8.67. The molecule has 0 saturated carbocycles. The van der Waals surface area contributed by atoms with Gasteiger partial charge in [-0.15, -0.1) is 0 Å². The van der Waals surface area contributed by atoms with E-state index in [1.54, 1.807) is 6.92 Å². The van der Waals surface area contributed by atoms with Gasteiger partial charge in [0.25, 0.3) is 0 Å².